The van der Waals surface area contributed by atoms with Gasteiger partial charge in [0.2, 0.25) is 0 Å². The fourth-order valence-electron chi connectivity index (χ4n) is 1.58. The van der Waals surface area contributed by atoms with Gasteiger partial charge in [-0.05, 0) is 59.3 Å². The quantitative estimate of drug-likeness (QED) is 0.876. The third kappa shape index (κ3) is 2.86. The van der Waals surface area contributed by atoms with Gasteiger partial charge in [-0.15, -0.1) is 0 Å². The third-order valence-electron chi connectivity index (χ3n) is 2.43. The topological polar surface area (TPSA) is 33.4 Å². The zero-order chi connectivity index (χ0) is 11.5. The highest BCUT2D eigenvalue weighted by molar-refractivity contribution is 14.1. The number of benzene rings is 1. The van der Waals surface area contributed by atoms with Crippen molar-refractivity contribution < 1.29 is 9.52 Å². The minimum atomic E-state index is -0.561. The lowest BCUT2D eigenvalue weighted by molar-refractivity contribution is 0.149. The van der Waals surface area contributed by atoms with Crippen LogP contribution in [-0.4, -0.2) is 5.11 Å². The molecule has 0 aliphatic rings. The maximum Gasteiger partial charge on any atom is 0.132 e. The molecule has 84 valence electrons. The molecule has 1 heterocycles. The number of hydrogen-bond donors (Lipinski definition) is 1. The first kappa shape index (κ1) is 11.7. The van der Waals surface area contributed by atoms with E-state index in [1.807, 2.05) is 43.3 Å². The van der Waals surface area contributed by atoms with Gasteiger partial charge in [-0.1, -0.05) is 12.1 Å². The Morgan fingerprint density at radius 2 is 1.88 bits per heavy atom. The number of aliphatic hydroxyl groups is 1. The number of halogens is 1. The summed E-state index contributed by atoms with van der Waals surface area (Å²) >= 11 is 2.26. The molecule has 0 aliphatic heterocycles. The van der Waals surface area contributed by atoms with Gasteiger partial charge in [0.05, 0.1) is 0 Å². The summed E-state index contributed by atoms with van der Waals surface area (Å²) in [6.07, 6.45) is 0.0258. The lowest BCUT2D eigenvalue weighted by Crippen LogP contribution is -2.00. The van der Waals surface area contributed by atoms with Gasteiger partial charge in [0.15, 0.2) is 0 Å². The Balaban J connectivity index is 2.07. The Hall–Kier alpha value is -0.810. The molecule has 0 radical (unpaired) electrons. The van der Waals surface area contributed by atoms with E-state index in [1.165, 1.54) is 3.57 Å². The molecule has 1 aromatic heterocycles. The molecule has 2 rings (SSSR count). The molecule has 0 amide bonds. The number of hydrogen-bond acceptors (Lipinski definition) is 2. The van der Waals surface area contributed by atoms with Crippen LogP contribution in [0.3, 0.4) is 0 Å². The summed E-state index contributed by atoms with van der Waals surface area (Å²) in [6.45, 7) is 1.88. The fraction of sp³-hybridized carbons (Fsp3) is 0.231. The summed E-state index contributed by atoms with van der Waals surface area (Å²) in [5, 5.41) is 9.96. The first-order chi connectivity index (χ1) is 7.65. The van der Waals surface area contributed by atoms with E-state index in [-0.39, 0.29) is 0 Å². The molecule has 0 fully saturated rings. The number of aryl methyl sites for hydroxylation is 1. The molecule has 0 spiro atoms. The van der Waals surface area contributed by atoms with Gasteiger partial charge in [0.1, 0.15) is 17.6 Å². The second kappa shape index (κ2) is 5.01. The molecule has 2 aromatic rings. The van der Waals surface area contributed by atoms with Crippen LogP contribution in [-0.2, 0) is 6.42 Å². The van der Waals surface area contributed by atoms with Crippen LogP contribution < -0.4 is 0 Å². The summed E-state index contributed by atoms with van der Waals surface area (Å²) in [5.41, 5.74) is 1.11. The van der Waals surface area contributed by atoms with E-state index in [0.717, 1.165) is 11.3 Å². The van der Waals surface area contributed by atoms with Crippen LogP contribution in [0.2, 0.25) is 0 Å². The Kier molecular flexibility index (Phi) is 3.66. The Labute approximate surface area is 108 Å². The highest BCUT2D eigenvalue weighted by Crippen LogP contribution is 2.20. The van der Waals surface area contributed by atoms with Crippen LogP contribution in [0, 0.1) is 10.5 Å². The number of furan rings is 1. The van der Waals surface area contributed by atoms with Crippen LogP contribution in [0.15, 0.2) is 40.8 Å². The van der Waals surface area contributed by atoms with Gasteiger partial charge in [0.25, 0.3) is 0 Å². The van der Waals surface area contributed by atoms with Crippen molar-refractivity contribution in [3.8, 4) is 0 Å². The van der Waals surface area contributed by atoms with Crippen LogP contribution in [0.25, 0.3) is 0 Å². The molecule has 0 aliphatic carbocycles. The number of rotatable bonds is 3. The van der Waals surface area contributed by atoms with E-state index in [4.69, 9.17) is 4.42 Å². The molecule has 1 aromatic carbocycles. The molecule has 16 heavy (non-hydrogen) atoms. The van der Waals surface area contributed by atoms with Crippen molar-refractivity contribution >= 4 is 22.6 Å². The fourth-order valence-corrected chi connectivity index (χ4v) is 1.94. The second-order valence-electron chi connectivity index (χ2n) is 3.79. The summed E-state index contributed by atoms with van der Waals surface area (Å²) in [7, 11) is 0. The summed E-state index contributed by atoms with van der Waals surface area (Å²) in [4.78, 5) is 0. The highest BCUT2D eigenvalue weighted by atomic mass is 127. The Morgan fingerprint density at radius 3 is 2.44 bits per heavy atom. The van der Waals surface area contributed by atoms with Crippen molar-refractivity contribution in [2.45, 2.75) is 19.4 Å². The summed E-state index contributed by atoms with van der Waals surface area (Å²) in [6, 6.07) is 11.8. The van der Waals surface area contributed by atoms with Crippen molar-refractivity contribution in [1.82, 2.24) is 0 Å². The minimum Gasteiger partial charge on any atom is -0.464 e. The van der Waals surface area contributed by atoms with Gasteiger partial charge in [-0.25, -0.2) is 0 Å². The highest BCUT2D eigenvalue weighted by Gasteiger charge is 2.11. The SMILES string of the molecule is Cc1ccc(C(O)Cc2ccc(I)cc2)o1. The van der Waals surface area contributed by atoms with E-state index in [2.05, 4.69) is 22.6 Å². The minimum absolute atomic E-state index is 0.561. The van der Waals surface area contributed by atoms with Gasteiger partial charge in [0, 0.05) is 9.99 Å². The van der Waals surface area contributed by atoms with E-state index in [1.54, 1.807) is 0 Å². The van der Waals surface area contributed by atoms with Gasteiger partial charge < -0.3 is 9.52 Å². The normalized spacial score (nSPS) is 12.7. The van der Waals surface area contributed by atoms with E-state index < -0.39 is 6.10 Å². The predicted molar refractivity (Wildman–Crippen MR) is 71.3 cm³/mol. The molecule has 1 unspecified atom stereocenters. The van der Waals surface area contributed by atoms with E-state index in [9.17, 15) is 5.11 Å². The van der Waals surface area contributed by atoms with Crippen LogP contribution in [0.5, 0.6) is 0 Å². The van der Waals surface area contributed by atoms with Crippen molar-refractivity contribution in [2.24, 2.45) is 0 Å². The number of aliphatic hydroxyl groups excluding tert-OH is 1. The maximum absolute atomic E-state index is 9.96. The van der Waals surface area contributed by atoms with Crippen molar-refractivity contribution in [3.63, 3.8) is 0 Å². The lowest BCUT2D eigenvalue weighted by Gasteiger charge is -2.07. The van der Waals surface area contributed by atoms with Crippen LogP contribution in [0.4, 0.5) is 0 Å². The zero-order valence-corrected chi connectivity index (χ0v) is 11.1. The molecule has 2 nitrogen and oxygen atoms in total. The maximum atomic E-state index is 9.96. The summed E-state index contributed by atoms with van der Waals surface area (Å²) in [5.74, 6) is 1.47. The van der Waals surface area contributed by atoms with Crippen molar-refractivity contribution in [3.05, 3.63) is 57.1 Å². The molecular weight excluding hydrogens is 315 g/mol. The molecule has 1 N–H and O–H groups in total. The Bertz CT molecular complexity index is 459. The van der Waals surface area contributed by atoms with Crippen molar-refractivity contribution in [2.75, 3.05) is 0 Å². The standard InChI is InChI=1S/C13H13IO2/c1-9-2-7-13(16-9)12(15)8-10-3-5-11(14)6-4-10/h2-7,12,15H,8H2,1H3. The average molecular weight is 328 g/mol. The smallest absolute Gasteiger partial charge is 0.132 e. The molecule has 3 heteroatoms. The first-order valence-corrected chi connectivity index (χ1v) is 6.22. The largest absolute Gasteiger partial charge is 0.464 e. The Morgan fingerprint density at radius 1 is 1.19 bits per heavy atom. The third-order valence-corrected chi connectivity index (χ3v) is 3.15. The molecule has 0 saturated carbocycles. The predicted octanol–water partition coefficient (Wildman–Crippen LogP) is 3.47. The molecule has 1 atom stereocenters. The second-order valence-corrected chi connectivity index (χ2v) is 5.04. The van der Waals surface area contributed by atoms with Gasteiger partial charge >= 0.3 is 0 Å². The lowest BCUT2D eigenvalue weighted by atomic mass is 10.1. The van der Waals surface area contributed by atoms with E-state index >= 15 is 0 Å². The van der Waals surface area contributed by atoms with Crippen LogP contribution in [0.1, 0.15) is 23.2 Å². The van der Waals surface area contributed by atoms with Crippen molar-refractivity contribution in [1.29, 1.82) is 0 Å². The van der Waals surface area contributed by atoms with Crippen LogP contribution >= 0.6 is 22.6 Å². The molecule has 0 bridgehead atoms. The molecular formula is C13H13IO2. The monoisotopic (exact) mass is 328 g/mol. The molecule has 0 saturated heterocycles. The van der Waals surface area contributed by atoms with Gasteiger partial charge in [-0.3, -0.25) is 0 Å². The average Bonchev–Trinajstić information content (AvgIpc) is 2.68. The summed E-state index contributed by atoms with van der Waals surface area (Å²) < 4.78 is 6.59. The van der Waals surface area contributed by atoms with Gasteiger partial charge in [-0.2, -0.15) is 0 Å². The zero-order valence-electron chi connectivity index (χ0n) is 8.98. The van der Waals surface area contributed by atoms with E-state index in [0.29, 0.717) is 12.2 Å². The first-order valence-electron chi connectivity index (χ1n) is 5.14.